The topological polar surface area (TPSA) is 70.2 Å². The highest BCUT2D eigenvalue weighted by Gasteiger charge is 2.26. The number of benzene rings is 1. The Morgan fingerprint density at radius 2 is 1.70 bits per heavy atom. The van der Waals surface area contributed by atoms with Crippen molar-refractivity contribution in [1.82, 2.24) is 9.80 Å². The van der Waals surface area contributed by atoms with Gasteiger partial charge in [-0.1, -0.05) is 19.9 Å². The summed E-state index contributed by atoms with van der Waals surface area (Å²) >= 11 is 0. The Bertz CT molecular complexity index is 739. The molecule has 3 rings (SSSR count). The Hall–Kier alpha value is -2.57. The molecule has 146 valence electrons. The van der Waals surface area contributed by atoms with E-state index in [0.29, 0.717) is 50.0 Å². The van der Waals surface area contributed by atoms with Crippen molar-refractivity contribution >= 4 is 23.4 Å². The third-order valence-corrected chi connectivity index (χ3v) is 5.03. The Morgan fingerprint density at radius 3 is 2.33 bits per heavy atom. The standard InChI is InChI=1S/C20H27N3O4/c1-14(2)10-18(24)22-6-8-23(9-7-22)19(25)12-15-4-5-17-16(11-15)21(3)20(26)13-27-17/h4-5,11,14H,6-10,12-13H2,1-3H3. The van der Waals surface area contributed by atoms with Gasteiger partial charge in [0.2, 0.25) is 11.8 Å². The van der Waals surface area contributed by atoms with Crippen LogP contribution in [0.15, 0.2) is 18.2 Å². The predicted molar refractivity (Wildman–Crippen MR) is 102 cm³/mol. The third kappa shape index (κ3) is 4.40. The van der Waals surface area contributed by atoms with Gasteiger partial charge in [0.1, 0.15) is 5.75 Å². The highest BCUT2D eigenvalue weighted by molar-refractivity contribution is 5.97. The maximum Gasteiger partial charge on any atom is 0.264 e. The lowest BCUT2D eigenvalue weighted by Crippen LogP contribution is -2.51. The van der Waals surface area contributed by atoms with Crippen molar-refractivity contribution < 1.29 is 19.1 Å². The Balaban J connectivity index is 1.57. The molecule has 1 fully saturated rings. The number of fused-ring (bicyclic) bond motifs is 1. The van der Waals surface area contributed by atoms with Gasteiger partial charge in [-0.15, -0.1) is 0 Å². The summed E-state index contributed by atoms with van der Waals surface area (Å²) in [6.07, 6.45) is 0.826. The molecule has 1 aromatic rings. The number of ether oxygens (including phenoxy) is 1. The fourth-order valence-electron chi connectivity index (χ4n) is 3.40. The largest absolute Gasteiger partial charge is 0.482 e. The first-order chi connectivity index (χ1) is 12.8. The van der Waals surface area contributed by atoms with Crippen LogP contribution in [-0.4, -0.2) is 67.4 Å². The van der Waals surface area contributed by atoms with Gasteiger partial charge in [-0.2, -0.15) is 0 Å². The third-order valence-electron chi connectivity index (χ3n) is 5.03. The van der Waals surface area contributed by atoms with Crippen molar-refractivity contribution in [1.29, 1.82) is 0 Å². The fraction of sp³-hybridized carbons (Fsp3) is 0.550. The molecule has 1 saturated heterocycles. The maximum absolute atomic E-state index is 12.6. The van der Waals surface area contributed by atoms with Crippen molar-refractivity contribution in [2.75, 3.05) is 44.7 Å². The predicted octanol–water partition coefficient (Wildman–Crippen LogP) is 1.30. The van der Waals surface area contributed by atoms with E-state index in [1.807, 2.05) is 41.8 Å². The minimum absolute atomic E-state index is 0.0385. The van der Waals surface area contributed by atoms with E-state index in [0.717, 1.165) is 5.56 Å². The number of likely N-dealkylation sites (N-methyl/N-ethyl adjacent to an activating group) is 1. The van der Waals surface area contributed by atoms with Crippen LogP contribution in [0.2, 0.25) is 0 Å². The van der Waals surface area contributed by atoms with Crippen LogP contribution in [0.4, 0.5) is 5.69 Å². The monoisotopic (exact) mass is 373 g/mol. The van der Waals surface area contributed by atoms with Gasteiger partial charge >= 0.3 is 0 Å². The number of nitrogens with zero attached hydrogens (tertiary/aromatic N) is 3. The quantitative estimate of drug-likeness (QED) is 0.798. The van der Waals surface area contributed by atoms with Gasteiger partial charge in [-0.3, -0.25) is 14.4 Å². The number of anilines is 1. The van der Waals surface area contributed by atoms with Crippen LogP contribution in [0.3, 0.4) is 0 Å². The van der Waals surface area contributed by atoms with Crippen LogP contribution < -0.4 is 9.64 Å². The summed E-state index contributed by atoms with van der Waals surface area (Å²) in [5.74, 6) is 1.10. The van der Waals surface area contributed by atoms with Crippen molar-refractivity contribution in [2.24, 2.45) is 5.92 Å². The fourth-order valence-corrected chi connectivity index (χ4v) is 3.40. The minimum Gasteiger partial charge on any atom is -0.482 e. The van der Waals surface area contributed by atoms with Gasteiger partial charge in [0.25, 0.3) is 5.91 Å². The van der Waals surface area contributed by atoms with Gasteiger partial charge in [0, 0.05) is 39.6 Å². The van der Waals surface area contributed by atoms with Crippen LogP contribution in [0, 0.1) is 5.92 Å². The van der Waals surface area contributed by atoms with Crippen LogP contribution in [-0.2, 0) is 20.8 Å². The second kappa shape index (κ2) is 7.98. The van der Waals surface area contributed by atoms with E-state index in [1.165, 1.54) is 0 Å². The molecule has 2 aliphatic heterocycles. The van der Waals surface area contributed by atoms with E-state index in [4.69, 9.17) is 4.74 Å². The molecular formula is C20H27N3O4. The summed E-state index contributed by atoms with van der Waals surface area (Å²) in [6, 6.07) is 5.51. The van der Waals surface area contributed by atoms with Gasteiger partial charge in [0.05, 0.1) is 12.1 Å². The number of piperazine rings is 1. The van der Waals surface area contributed by atoms with Gasteiger partial charge in [0.15, 0.2) is 6.61 Å². The molecule has 27 heavy (non-hydrogen) atoms. The summed E-state index contributed by atoms with van der Waals surface area (Å²) in [5.41, 5.74) is 1.54. The second-order valence-corrected chi connectivity index (χ2v) is 7.58. The molecule has 0 saturated carbocycles. The highest BCUT2D eigenvalue weighted by Crippen LogP contribution is 2.32. The molecule has 0 unspecified atom stereocenters. The van der Waals surface area contributed by atoms with Crippen molar-refractivity contribution in [2.45, 2.75) is 26.7 Å². The highest BCUT2D eigenvalue weighted by atomic mass is 16.5. The zero-order valence-electron chi connectivity index (χ0n) is 16.2. The number of carbonyl (C=O) groups excluding carboxylic acids is 3. The van der Waals surface area contributed by atoms with E-state index in [9.17, 15) is 14.4 Å². The Morgan fingerprint density at radius 1 is 1.07 bits per heavy atom. The van der Waals surface area contributed by atoms with E-state index in [-0.39, 0.29) is 30.7 Å². The minimum atomic E-state index is -0.104. The molecule has 0 radical (unpaired) electrons. The average Bonchev–Trinajstić information content (AvgIpc) is 2.64. The van der Waals surface area contributed by atoms with Crippen LogP contribution >= 0.6 is 0 Å². The van der Waals surface area contributed by atoms with Crippen molar-refractivity contribution in [3.63, 3.8) is 0 Å². The second-order valence-electron chi connectivity index (χ2n) is 7.58. The number of amides is 3. The normalized spacial score (nSPS) is 17.0. The molecule has 1 aromatic carbocycles. The summed E-state index contributed by atoms with van der Waals surface area (Å²) in [5, 5.41) is 0. The number of hydrogen-bond donors (Lipinski definition) is 0. The number of carbonyl (C=O) groups is 3. The molecule has 0 aliphatic carbocycles. The van der Waals surface area contributed by atoms with Crippen molar-refractivity contribution in [3.8, 4) is 5.75 Å². The van der Waals surface area contributed by atoms with E-state index >= 15 is 0 Å². The van der Waals surface area contributed by atoms with Gasteiger partial charge in [-0.05, 0) is 23.6 Å². The van der Waals surface area contributed by atoms with Crippen LogP contribution in [0.1, 0.15) is 25.8 Å². The van der Waals surface area contributed by atoms with Gasteiger partial charge < -0.3 is 19.4 Å². The first kappa shape index (κ1) is 19.2. The molecule has 0 aromatic heterocycles. The molecule has 2 heterocycles. The molecule has 0 bridgehead atoms. The number of hydrogen-bond acceptors (Lipinski definition) is 4. The molecule has 7 heteroatoms. The van der Waals surface area contributed by atoms with E-state index < -0.39 is 0 Å². The Kier molecular flexibility index (Phi) is 5.68. The molecule has 3 amide bonds. The lowest BCUT2D eigenvalue weighted by atomic mass is 10.1. The lowest BCUT2D eigenvalue weighted by molar-refractivity contribution is -0.139. The lowest BCUT2D eigenvalue weighted by Gasteiger charge is -2.35. The molecule has 0 N–H and O–H groups in total. The molecule has 0 spiro atoms. The zero-order chi connectivity index (χ0) is 19.6. The summed E-state index contributed by atoms with van der Waals surface area (Å²) in [7, 11) is 1.71. The zero-order valence-corrected chi connectivity index (χ0v) is 16.2. The average molecular weight is 373 g/mol. The van der Waals surface area contributed by atoms with Gasteiger partial charge in [-0.25, -0.2) is 0 Å². The molecule has 7 nitrogen and oxygen atoms in total. The summed E-state index contributed by atoms with van der Waals surface area (Å²) in [6.45, 7) is 6.42. The van der Waals surface area contributed by atoms with E-state index in [2.05, 4.69) is 0 Å². The SMILES string of the molecule is CC(C)CC(=O)N1CCN(C(=O)Cc2ccc3c(c2)N(C)C(=O)CO3)CC1. The summed E-state index contributed by atoms with van der Waals surface area (Å²) < 4.78 is 5.42. The van der Waals surface area contributed by atoms with Crippen LogP contribution in [0.5, 0.6) is 5.75 Å². The molecule has 0 atom stereocenters. The summed E-state index contributed by atoms with van der Waals surface area (Å²) in [4.78, 5) is 41.8. The molecule has 2 aliphatic rings. The number of rotatable bonds is 4. The first-order valence-electron chi connectivity index (χ1n) is 9.43. The van der Waals surface area contributed by atoms with Crippen LogP contribution in [0.25, 0.3) is 0 Å². The molecular weight excluding hydrogens is 346 g/mol. The maximum atomic E-state index is 12.6. The van der Waals surface area contributed by atoms with Crippen molar-refractivity contribution in [3.05, 3.63) is 23.8 Å². The Labute approximate surface area is 159 Å². The first-order valence-corrected chi connectivity index (χ1v) is 9.43. The smallest absolute Gasteiger partial charge is 0.264 e. The van der Waals surface area contributed by atoms with E-state index in [1.54, 1.807) is 11.9 Å².